The maximum atomic E-state index is 13.0. The highest BCUT2D eigenvalue weighted by molar-refractivity contribution is 6.30. The second-order valence-corrected chi connectivity index (χ2v) is 5.08. The summed E-state index contributed by atoms with van der Waals surface area (Å²) in [5.74, 6) is 0.0388. The van der Waals surface area contributed by atoms with Crippen LogP contribution in [0.25, 0.3) is 0 Å². The molecule has 4 nitrogen and oxygen atoms in total. The standard InChI is InChI=1S/C15H13ClF3N3O/c1-2-14(23)21-10-4-6-13(20-8-10)22-12-5-3-9(16)7-11(12)15(17,18)19/h3-8H,2H2,1H3,(H,20,22)(H,21,23). The molecule has 0 atom stereocenters. The molecule has 0 radical (unpaired) electrons. The molecule has 23 heavy (non-hydrogen) atoms. The van der Waals surface area contributed by atoms with Crippen LogP contribution in [-0.4, -0.2) is 10.9 Å². The van der Waals surface area contributed by atoms with Gasteiger partial charge in [0.05, 0.1) is 23.1 Å². The van der Waals surface area contributed by atoms with Crippen molar-refractivity contribution in [2.75, 3.05) is 10.6 Å². The van der Waals surface area contributed by atoms with E-state index >= 15 is 0 Å². The minimum atomic E-state index is -4.54. The molecule has 0 saturated carbocycles. The molecule has 122 valence electrons. The number of carbonyl (C=O) groups is 1. The molecule has 0 aliphatic rings. The first-order valence-corrected chi connectivity index (χ1v) is 7.07. The Hall–Kier alpha value is -2.28. The number of rotatable bonds is 4. The molecular formula is C15H13ClF3N3O. The van der Waals surface area contributed by atoms with Crippen LogP contribution >= 0.6 is 11.6 Å². The minimum Gasteiger partial charge on any atom is -0.340 e. The summed E-state index contributed by atoms with van der Waals surface area (Å²) in [4.78, 5) is 15.2. The van der Waals surface area contributed by atoms with Crippen LogP contribution in [-0.2, 0) is 11.0 Å². The molecule has 0 bridgehead atoms. The number of amides is 1. The zero-order valence-corrected chi connectivity index (χ0v) is 12.8. The van der Waals surface area contributed by atoms with Crippen molar-refractivity contribution in [3.63, 3.8) is 0 Å². The van der Waals surface area contributed by atoms with Crippen molar-refractivity contribution in [3.8, 4) is 0 Å². The Balaban J connectivity index is 2.21. The van der Waals surface area contributed by atoms with E-state index in [4.69, 9.17) is 11.6 Å². The number of carbonyl (C=O) groups excluding carboxylic acids is 1. The lowest BCUT2D eigenvalue weighted by molar-refractivity contribution is -0.136. The lowest BCUT2D eigenvalue weighted by atomic mass is 10.1. The van der Waals surface area contributed by atoms with Gasteiger partial charge in [0.1, 0.15) is 5.82 Å². The maximum absolute atomic E-state index is 13.0. The quantitative estimate of drug-likeness (QED) is 0.834. The van der Waals surface area contributed by atoms with Crippen LogP contribution in [0.4, 0.5) is 30.4 Å². The first-order chi connectivity index (χ1) is 10.8. The van der Waals surface area contributed by atoms with Gasteiger partial charge in [0.15, 0.2) is 0 Å². The van der Waals surface area contributed by atoms with E-state index in [0.29, 0.717) is 12.1 Å². The normalized spacial score (nSPS) is 11.2. The summed E-state index contributed by atoms with van der Waals surface area (Å²) in [5, 5.41) is 5.19. The average Bonchev–Trinajstić information content (AvgIpc) is 2.50. The van der Waals surface area contributed by atoms with Crippen molar-refractivity contribution < 1.29 is 18.0 Å². The summed E-state index contributed by atoms with van der Waals surface area (Å²) in [6, 6.07) is 6.46. The molecule has 0 spiro atoms. The third-order valence-electron chi connectivity index (χ3n) is 2.92. The van der Waals surface area contributed by atoms with Gasteiger partial charge in [-0.15, -0.1) is 0 Å². The summed E-state index contributed by atoms with van der Waals surface area (Å²) in [6.45, 7) is 1.71. The molecule has 2 aromatic rings. The summed E-state index contributed by atoms with van der Waals surface area (Å²) >= 11 is 5.63. The number of nitrogens with zero attached hydrogens (tertiary/aromatic N) is 1. The number of aromatic nitrogens is 1. The van der Waals surface area contributed by atoms with E-state index in [1.54, 1.807) is 13.0 Å². The fourth-order valence-corrected chi connectivity index (χ4v) is 1.96. The van der Waals surface area contributed by atoms with Crippen LogP contribution in [0, 0.1) is 0 Å². The number of alkyl halides is 3. The molecule has 1 aromatic heterocycles. The van der Waals surface area contributed by atoms with Gasteiger partial charge in [0.25, 0.3) is 0 Å². The lowest BCUT2D eigenvalue weighted by Crippen LogP contribution is -2.10. The van der Waals surface area contributed by atoms with Crippen molar-refractivity contribution in [1.82, 2.24) is 4.98 Å². The zero-order valence-electron chi connectivity index (χ0n) is 12.0. The van der Waals surface area contributed by atoms with Crippen LogP contribution in [0.5, 0.6) is 0 Å². The van der Waals surface area contributed by atoms with Crippen molar-refractivity contribution in [1.29, 1.82) is 0 Å². The molecule has 2 rings (SSSR count). The monoisotopic (exact) mass is 343 g/mol. The van der Waals surface area contributed by atoms with Gasteiger partial charge < -0.3 is 10.6 Å². The third kappa shape index (κ3) is 4.59. The summed E-state index contributed by atoms with van der Waals surface area (Å²) in [6.07, 6.45) is -2.86. The van der Waals surface area contributed by atoms with Gasteiger partial charge in [0, 0.05) is 11.4 Å². The SMILES string of the molecule is CCC(=O)Nc1ccc(Nc2ccc(Cl)cc2C(F)(F)F)nc1. The van der Waals surface area contributed by atoms with Gasteiger partial charge in [0.2, 0.25) is 5.91 Å². The summed E-state index contributed by atoms with van der Waals surface area (Å²) < 4.78 is 39.0. The number of anilines is 3. The number of hydrogen-bond acceptors (Lipinski definition) is 3. The number of pyridine rings is 1. The van der Waals surface area contributed by atoms with Gasteiger partial charge in [-0.2, -0.15) is 13.2 Å². The highest BCUT2D eigenvalue weighted by atomic mass is 35.5. The number of hydrogen-bond donors (Lipinski definition) is 2. The van der Waals surface area contributed by atoms with Crippen molar-refractivity contribution in [2.45, 2.75) is 19.5 Å². The molecule has 0 aliphatic carbocycles. The highest BCUT2D eigenvalue weighted by Gasteiger charge is 2.33. The van der Waals surface area contributed by atoms with Gasteiger partial charge in [-0.05, 0) is 30.3 Å². The topological polar surface area (TPSA) is 54.0 Å². The van der Waals surface area contributed by atoms with E-state index < -0.39 is 11.7 Å². The predicted molar refractivity (Wildman–Crippen MR) is 82.9 cm³/mol. The van der Waals surface area contributed by atoms with E-state index in [-0.39, 0.29) is 22.4 Å². The molecule has 1 aromatic carbocycles. The highest BCUT2D eigenvalue weighted by Crippen LogP contribution is 2.37. The van der Waals surface area contributed by atoms with Crippen molar-refractivity contribution in [2.24, 2.45) is 0 Å². The molecule has 1 amide bonds. The maximum Gasteiger partial charge on any atom is 0.418 e. The van der Waals surface area contributed by atoms with Crippen LogP contribution in [0.1, 0.15) is 18.9 Å². The van der Waals surface area contributed by atoms with Crippen LogP contribution < -0.4 is 10.6 Å². The largest absolute Gasteiger partial charge is 0.418 e. The van der Waals surface area contributed by atoms with Gasteiger partial charge in [-0.3, -0.25) is 4.79 Å². The first-order valence-electron chi connectivity index (χ1n) is 6.69. The smallest absolute Gasteiger partial charge is 0.340 e. The Kier molecular flexibility index (Phi) is 5.10. The van der Waals surface area contributed by atoms with Gasteiger partial charge in [-0.25, -0.2) is 4.98 Å². The Labute approximate surface area is 135 Å². The molecular weight excluding hydrogens is 331 g/mol. The third-order valence-corrected chi connectivity index (χ3v) is 3.15. The molecule has 0 saturated heterocycles. The van der Waals surface area contributed by atoms with Gasteiger partial charge >= 0.3 is 6.18 Å². The van der Waals surface area contributed by atoms with Crippen molar-refractivity contribution in [3.05, 3.63) is 47.1 Å². The summed E-state index contributed by atoms with van der Waals surface area (Å²) in [7, 11) is 0. The predicted octanol–water partition coefficient (Wildman–Crippen LogP) is 4.85. The first kappa shape index (κ1) is 17.1. The fraction of sp³-hybridized carbons (Fsp3) is 0.200. The molecule has 0 aliphatic heterocycles. The molecule has 0 unspecified atom stereocenters. The van der Waals surface area contributed by atoms with E-state index in [2.05, 4.69) is 15.6 Å². The fourth-order valence-electron chi connectivity index (χ4n) is 1.79. The second kappa shape index (κ2) is 6.87. The lowest BCUT2D eigenvalue weighted by Gasteiger charge is -2.14. The van der Waals surface area contributed by atoms with E-state index in [1.165, 1.54) is 24.4 Å². The summed E-state index contributed by atoms with van der Waals surface area (Å²) in [5.41, 5.74) is -0.565. The number of benzene rings is 1. The van der Waals surface area contributed by atoms with E-state index in [0.717, 1.165) is 6.07 Å². The molecule has 8 heteroatoms. The van der Waals surface area contributed by atoms with Crippen LogP contribution in [0.2, 0.25) is 5.02 Å². The number of halogens is 4. The second-order valence-electron chi connectivity index (χ2n) is 4.65. The number of nitrogens with one attached hydrogen (secondary N) is 2. The molecule has 0 fully saturated rings. The Morgan fingerprint density at radius 3 is 2.57 bits per heavy atom. The van der Waals surface area contributed by atoms with E-state index in [9.17, 15) is 18.0 Å². The molecule has 2 N–H and O–H groups in total. The van der Waals surface area contributed by atoms with Crippen LogP contribution in [0.3, 0.4) is 0 Å². The van der Waals surface area contributed by atoms with Crippen LogP contribution in [0.15, 0.2) is 36.5 Å². The Bertz CT molecular complexity index is 702. The van der Waals surface area contributed by atoms with Gasteiger partial charge in [-0.1, -0.05) is 18.5 Å². The Morgan fingerprint density at radius 2 is 2.00 bits per heavy atom. The average molecular weight is 344 g/mol. The zero-order chi connectivity index (χ0) is 17.0. The van der Waals surface area contributed by atoms with Crippen molar-refractivity contribution >= 4 is 34.7 Å². The molecule has 1 heterocycles. The minimum absolute atomic E-state index is 0.00606. The van der Waals surface area contributed by atoms with E-state index in [1.807, 2.05) is 0 Å². The Morgan fingerprint density at radius 1 is 1.26 bits per heavy atom.